The SMILES string of the molecule is COc1cc(C=CCSC(C)=O)ccc1OCC(N)=O. The topological polar surface area (TPSA) is 78.6 Å². The number of rotatable bonds is 7. The van der Waals surface area contributed by atoms with Gasteiger partial charge in [0.2, 0.25) is 0 Å². The van der Waals surface area contributed by atoms with Crippen LogP contribution >= 0.6 is 11.8 Å². The smallest absolute Gasteiger partial charge is 0.255 e. The molecule has 20 heavy (non-hydrogen) atoms. The monoisotopic (exact) mass is 295 g/mol. The van der Waals surface area contributed by atoms with E-state index in [0.29, 0.717) is 17.3 Å². The van der Waals surface area contributed by atoms with Crippen molar-refractivity contribution in [2.45, 2.75) is 6.92 Å². The van der Waals surface area contributed by atoms with E-state index in [2.05, 4.69) is 0 Å². The van der Waals surface area contributed by atoms with Gasteiger partial charge < -0.3 is 15.2 Å². The summed E-state index contributed by atoms with van der Waals surface area (Å²) in [5.74, 6) is 1.06. The molecule has 0 atom stereocenters. The summed E-state index contributed by atoms with van der Waals surface area (Å²) in [6.07, 6.45) is 3.78. The van der Waals surface area contributed by atoms with Gasteiger partial charge in [0.25, 0.3) is 5.91 Å². The number of carbonyl (C=O) groups excluding carboxylic acids is 2. The molecule has 6 heteroatoms. The lowest BCUT2D eigenvalue weighted by atomic mass is 10.2. The number of hydrogen-bond donors (Lipinski definition) is 1. The Morgan fingerprint density at radius 1 is 1.35 bits per heavy atom. The average Bonchev–Trinajstić information content (AvgIpc) is 2.41. The van der Waals surface area contributed by atoms with Gasteiger partial charge in [0.05, 0.1) is 7.11 Å². The van der Waals surface area contributed by atoms with Crippen molar-refractivity contribution in [1.82, 2.24) is 0 Å². The van der Waals surface area contributed by atoms with Gasteiger partial charge in [-0.25, -0.2) is 0 Å². The summed E-state index contributed by atoms with van der Waals surface area (Å²) in [4.78, 5) is 21.5. The zero-order valence-electron chi connectivity index (χ0n) is 11.4. The molecule has 0 aromatic heterocycles. The van der Waals surface area contributed by atoms with Gasteiger partial charge in [-0.2, -0.15) is 0 Å². The fraction of sp³-hybridized carbons (Fsp3) is 0.286. The summed E-state index contributed by atoms with van der Waals surface area (Å²) < 4.78 is 10.4. The maximum Gasteiger partial charge on any atom is 0.255 e. The van der Waals surface area contributed by atoms with E-state index in [4.69, 9.17) is 15.2 Å². The number of primary amides is 1. The van der Waals surface area contributed by atoms with E-state index >= 15 is 0 Å². The highest BCUT2D eigenvalue weighted by molar-refractivity contribution is 8.13. The van der Waals surface area contributed by atoms with Gasteiger partial charge in [-0.05, 0) is 17.7 Å². The van der Waals surface area contributed by atoms with Crippen molar-refractivity contribution in [2.75, 3.05) is 19.5 Å². The Bertz CT molecular complexity index is 514. The zero-order chi connectivity index (χ0) is 15.0. The van der Waals surface area contributed by atoms with Crippen LogP contribution in [0.15, 0.2) is 24.3 Å². The molecule has 0 fully saturated rings. The lowest BCUT2D eigenvalue weighted by Gasteiger charge is -2.09. The molecule has 0 saturated heterocycles. The van der Waals surface area contributed by atoms with Crippen LogP contribution in [0.4, 0.5) is 0 Å². The minimum absolute atomic E-state index is 0.0856. The highest BCUT2D eigenvalue weighted by Crippen LogP contribution is 2.28. The second kappa shape index (κ2) is 8.27. The van der Waals surface area contributed by atoms with Gasteiger partial charge in [0.1, 0.15) is 0 Å². The predicted octanol–water partition coefficient (Wildman–Crippen LogP) is 1.85. The molecule has 0 bridgehead atoms. The maximum atomic E-state index is 10.8. The van der Waals surface area contributed by atoms with Crippen LogP contribution in [0.5, 0.6) is 11.5 Å². The molecule has 0 unspecified atom stereocenters. The number of nitrogens with two attached hydrogens (primary N) is 1. The Balaban J connectivity index is 2.71. The number of amides is 1. The molecule has 0 aliphatic carbocycles. The molecule has 5 nitrogen and oxygen atoms in total. The third-order valence-electron chi connectivity index (χ3n) is 2.25. The van der Waals surface area contributed by atoms with Crippen LogP contribution in [-0.4, -0.2) is 30.5 Å². The first kappa shape index (κ1) is 16.1. The maximum absolute atomic E-state index is 10.8. The first-order chi connectivity index (χ1) is 9.52. The van der Waals surface area contributed by atoms with Crippen molar-refractivity contribution in [3.8, 4) is 11.5 Å². The zero-order valence-corrected chi connectivity index (χ0v) is 12.2. The minimum atomic E-state index is -0.544. The predicted molar refractivity (Wildman–Crippen MR) is 79.9 cm³/mol. The normalized spacial score (nSPS) is 10.5. The molecule has 1 rings (SSSR count). The lowest BCUT2D eigenvalue weighted by Crippen LogP contribution is -2.20. The highest BCUT2D eigenvalue weighted by Gasteiger charge is 2.06. The molecule has 0 aliphatic heterocycles. The van der Waals surface area contributed by atoms with Crippen LogP contribution in [0, 0.1) is 0 Å². The van der Waals surface area contributed by atoms with Crippen molar-refractivity contribution in [1.29, 1.82) is 0 Å². The molecule has 0 spiro atoms. The molecule has 0 radical (unpaired) electrons. The summed E-state index contributed by atoms with van der Waals surface area (Å²) >= 11 is 1.24. The van der Waals surface area contributed by atoms with E-state index in [1.54, 1.807) is 12.1 Å². The molecule has 0 aliphatic rings. The largest absolute Gasteiger partial charge is 0.493 e. The molecule has 1 aromatic carbocycles. The van der Waals surface area contributed by atoms with E-state index < -0.39 is 5.91 Å². The Morgan fingerprint density at radius 3 is 2.70 bits per heavy atom. The van der Waals surface area contributed by atoms with Crippen LogP contribution in [0.25, 0.3) is 6.08 Å². The molecule has 1 aromatic rings. The highest BCUT2D eigenvalue weighted by atomic mass is 32.2. The second-order valence-electron chi connectivity index (χ2n) is 3.87. The summed E-state index contributed by atoms with van der Waals surface area (Å²) in [5.41, 5.74) is 5.94. The first-order valence-electron chi connectivity index (χ1n) is 5.92. The first-order valence-corrected chi connectivity index (χ1v) is 6.90. The molecule has 108 valence electrons. The summed E-state index contributed by atoms with van der Waals surface area (Å²) in [6.45, 7) is 1.34. The molecule has 1 amide bonds. The van der Waals surface area contributed by atoms with Gasteiger partial charge in [-0.3, -0.25) is 9.59 Å². The number of methoxy groups -OCH3 is 1. The average molecular weight is 295 g/mol. The Morgan fingerprint density at radius 2 is 2.10 bits per heavy atom. The van der Waals surface area contributed by atoms with E-state index in [0.717, 1.165) is 5.56 Å². The van der Waals surface area contributed by atoms with Crippen LogP contribution in [0.2, 0.25) is 0 Å². The van der Waals surface area contributed by atoms with E-state index in [1.165, 1.54) is 25.8 Å². The van der Waals surface area contributed by atoms with E-state index in [-0.39, 0.29) is 11.7 Å². The van der Waals surface area contributed by atoms with Gasteiger partial charge in [0.15, 0.2) is 23.2 Å². The standard InChI is InChI=1S/C14H17NO4S/c1-10(16)20-7-3-4-11-5-6-12(13(8-11)18-2)19-9-14(15)17/h3-6,8H,7,9H2,1-2H3,(H2,15,17). The molecular formula is C14H17NO4S. The van der Waals surface area contributed by atoms with Gasteiger partial charge in [-0.1, -0.05) is 30.0 Å². The third kappa shape index (κ3) is 5.79. The summed E-state index contributed by atoms with van der Waals surface area (Å²) in [5, 5.41) is 0.0856. The number of carbonyl (C=O) groups is 2. The molecule has 0 saturated carbocycles. The quantitative estimate of drug-likeness (QED) is 0.830. The number of thioether (sulfide) groups is 1. The van der Waals surface area contributed by atoms with Gasteiger partial charge in [0, 0.05) is 12.7 Å². The Labute approximate surface area is 122 Å². The van der Waals surface area contributed by atoms with Crippen molar-refractivity contribution >= 4 is 28.9 Å². The third-order valence-corrected chi connectivity index (χ3v) is 3.02. The molecule has 0 heterocycles. The number of benzene rings is 1. The van der Waals surface area contributed by atoms with Crippen molar-refractivity contribution in [2.24, 2.45) is 5.73 Å². The Hall–Kier alpha value is -1.95. The summed E-state index contributed by atoms with van der Waals surface area (Å²) in [6, 6.07) is 5.32. The summed E-state index contributed by atoms with van der Waals surface area (Å²) in [7, 11) is 1.52. The van der Waals surface area contributed by atoms with Crippen LogP contribution < -0.4 is 15.2 Å². The van der Waals surface area contributed by atoms with Crippen LogP contribution in [0.3, 0.4) is 0 Å². The molecular weight excluding hydrogens is 278 g/mol. The minimum Gasteiger partial charge on any atom is -0.493 e. The van der Waals surface area contributed by atoms with Crippen LogP contribution in [0.1, 0.15) is 12.5 Å². The lowest BCUT2D eigenvalue weighted by molar-refractivity contribution is -0.120. The molecule has 2 N–H and O–H groups in total. The van der Waals surface area contributed by atoms with E-state index in [9.17, 15) is 9.59 Å². The van der Waals surface area contributed by atoms with Crippen LogP contribution in [-0.2, 0) is 9.59 Å². The fourth-order valence-electron chi connectivity index (χ4n) is 1.41. The van der Waals surface area contributed by atoms with Gasteiger partial charge >= 0.3 is 0 Å². The fourth-order valence-corrected chi connectivity index (χ4v) is 1.83. The Kier molecular flexibility index (Phi) is 6.66. The van der Waals surface area contributed by atoms with E-state index in [1.807, 2.05) is 18.2 Å². The van der Waals surface area contributed by atoms with Crippen molar-refractivity contribution < 1.29 is 19.1 Å². The van der Waals surface area contributed by atoms with Crippen molar-refractivity contribution in [3.05, 3.63) is 29.8 Å². The number of hydrogen-bond acceptors (Lipinski definition) is 5. The second-order valence-corrected chi connectivity index (χ2v) is 5.07. The van der Waals surface area contributed by atoms with Gasteiger partial charge in [-0.15, -0.1) is 0 Å². The van der Waals surface area contributed by atoms with Crippen molar-refractivity contribution in [3.63, 3.8) is 0 Å². The number of ether oxygens (including phenoxy) is 2.